The van der Waals surface area contributed by atoms with Gasteiger partial charge in [-0.2, -0.15) is 0 Å². The number of rotatable bonds is 5. The molecule has 1 amide bonds. The highest BCUT2D eigenvalue weighted by Crippen LogP contribution is 2.41. The van der Waals surface area contributed by atoms with Gasteiger partial charge in [0.25, 0.3) is 11.7 Å². The van der Waals surface area contributed by atoms with Crippen molar-refractivity contribution in [2.45, 2.75) is 45.4 Å². The summed E-state index contributed by atoms with van der Waals surface area (Å²) in [5.74, 6) is -0.627. The molecule has 1 N–H and O–H groups in total. The van der Waals surface area contributed by atoms with E-state index in [4.69, 9.17) is 4.74 Å². The van der Waals surface area contributed by atoms with E-state index in [0.29, 0.717) is 5.56 Å². The zero-order valence-electron chi connectivity index (χ0n) is 19.3. The predicted molar refractivity (Wildman–Crippen MR) is 130 cm³/mol. The maximum absolute atomic E-state index is 13.3. The SMILES string of the molecule is CCc1ccc([C@H]2C(=C(O)c3ccc4c(c3)C[C@H](C)O4)C(=O)C(=O)N2Cc2ccccc2)cc1. The minimum absolute atomic E-state index is 0.0703. The number of hydrogen-bond donors (Lipinski definition) is 1. The van der Waals surface area contributed by atoms with Crippen molar-refractivity contribution in [1.82, 2.24) is 4.90 Å². The normalized spacial score (nSPS) is 20.9. The van der Waals surface area contributed by atoms with Crippen LogP contribution in [0.4, 0.5) is 0 Å². The maximum Gasteiger partial charge on any atom is 0.295 e. The van der Waals surface area contributed by atoms with E-state index in [-0.39, 0.29) is 24.0 Å². The number of carbonyl (C=O) groups excluding carboxylic acids is 2. The quantitative estimate of drug-likeness (QED) is 0.328. The number of likely N-dealkylation sites (tertiary alicyclic amines) is 1. The van der Waals surface area contributed by atoms with Crippen LogP contribution in [0.2, 0.25) is 0 Å². The molecule has 5 heteroatoms. The van der Waals surface area contributed by atoms with Gasteiger partial charge in [-0.1, -0.05) is 61.5 Å². The third kappa shape index (κ3) is 3.87. The second kappa shape index (κ2) is 8.82. The molecular weight excluding hydrogens is 426 g/mol. The summed E-state index contributed by atoms with van der Waals surface area (Å²) in [6, 6.07) is 22.2. The average Bonchev–Trinajstić information content (AvgIpc) is 3.35. The molecule has 3 aromatic carbocycles. The zero-order chi connectivity index (χ0) is 23.8. The summed E-state index contributed by atoms with van der Waals surface area (Å²) in [4.78, 5) is 28.0. The maximum atomic E-state index is 13.3. The lowest BCUT2D eigenvalue weighted by Crippen LogP contribution is -2.29. The third-order valence-electron chi connectivity index (χ3n) is 6.61. The van der Waals surface area contributed by atoms with Crippen molar-refractivity contribution < 1.29 is 19.4 Å². The van der Waals surface area contributed by atoms with Crippen LogP contribution in [-0.4, -0.2) is 27.8 Å². The molecule has 1 saturated heterocycles. The monoisotopic (exact) mass is 453 g/mol. The van der Waals surface area contributed by atoms with Crippen LogP contribution in [0.1, 0.15) is 47.7 Å². The number of fused-ring (bicyclic) bond motifs is 1. The summed E-state index contributed by atoms with van der Waals surface area (Å²) in [5, 5.41) is 11.4. The first-order valence-electron chi connectivity index (χ1n) is 11.7. The minimum Gasteiger partial charge on any atom is -0.507 e. The number of aryl methyl sites for hydroxylation is 1. The Labute approximate surface area is 199 Å². The van der Waals surface area contributed by atoms with E-state index in [1.807, 2.05) is 73.7 Å². The standard InChI is InChI=1S/C29H27NO4/c1-3-19-9-11-21(12-10-19)26-25(27(31)22-13-14-24-23(16-22)15-18(2)34-24)28(32)29(33)30(26)17-20-7-5-4-6-8-20/h4-14,16,18,26,31H,3,15,17H2,1-2H3/t18-,26-/m0/s1. The van der Waals surface area contributed by atoms with Crippen LogP contribution in [-0.2, 0) is 29.0 Å². The van der Waals surface area contributed by atoms with Crippen LogP contribution in [0.25, 0.3) is 5.76 Å². The molecule has 172 valence electrons. The number of hydrogen-bond acceptors (Lipinski definition) is 4. The fourth-order valence-corrected chi connectivity index (χ4v) is 4.83. The molecule has 3 aromatic rings. The molecule has 2 aliphatic rings. The van der Waals surface area contributed by atoms with Crippen molar-refractivity contribution >= 4 is 17.4 Å². The van der Waals surface area contributed by atoms with Crippen molar-refractivity contribution in [3.8, 4) is 5.75 Å². The van der Waals surface area contributed by atoms with Gasteiger partial charge in [-0.15, -0.1) is 0 Å². The lowest BCUT2D eigenvalue weighted by Gasteiger charge is -2.25. The van der Waals surface area contributed by atoms with Gasteiger partial charge in [0.1, 0.15) is 17.6 Å². The summed E-state index contributed by atoms with van der Waals surface area (Å²) in [7, 11) is 0. The number of ketones is 1. The molecule has 0 aliphatic carbocycles. The number of aliphatic hydroxyl groups is 1. The van der Waals surface area contributed by atoms with Gasteiger partial charge in [-0.05, 0) is 53.8 Å². The first-order chi connectivity index (χ1) is 16.5. The van der Waals surface area contributed by atoms with E-state index in [0.717, 1.165) is 40.8 Å². The number of carbonyl (C=O) groups is 2. The largest absolute Gasteiger partial charge is 0.507 e. The van der Waals surface area contributed by atoms with E-state index in [9.17, 15) is 14.7 Å². The Morgan fingerprint density at radius 1 is 1.00 bits per heavy atom. The Balaban J connectivity index is 1.62. The van der Waals surface area contributed by atoms with Gasteiger partial charge >= 0.3 is 0 Å². The Kier molecular flexibility index (Phi) is 5.70. The minimum atomic E-state index is -0.672. The van der Waals surface area contributed by atoms with Gasteiger partial charge in [0.15, 0.2) is 0 Å². The molecule has 2 heterocycles. The van der Waals surface area contributed by atoms with Gasteiger partial charge in [0, 0.05) is 18.5 Å². The van der Waals surface area contributed by atoms with Crippen molar-refractivity contribution in [1.29, 1.82) is 0 Å². The molecule has 1 fully saturated rings. The fraction of sp³-hybridized carbons (Fsp3) is 0.241. The number of benzene rings is 3. The average molecular weight is 454 g/mol. The van der Waals surface area contributed by atoms with Gasteiger partial charge in [0.2, 0.25) is 0 Å². The smallest absolute Gasteiger partial charge is 0.295 e. The van der Waals surface area contributed by atoms with E-state index < -0.39 is 17.7 Å². The number of Topliss-reactive ketones (excluding diaryl/α,β-unsaturated/α-hetero) is 1. The molecule has 0 aromatic heterocycles. The lowest BCUT2D eigenvalue weighted by atomic mass is 9.93. The number of nitrogens with zero attached hydrogens (tertiary/aromatic N) is 1. The summed E-state index contributed by atoms with van der Waals surface area (Å²) in [6.07, 6.45) is 1.70. The topological polar surface area (TPSA) is 66.8 Å². The highest BCUT2D eigenvalue weighted by molar-refractivity contribution is 6.46. The van der Waals surface area contributed by atoms with E-state index in [1.54, 1.807) is 11.0 Å². The Morgan fingerprint density at radius 3 is 2.44 bits per heavy atom. The molecule has 0 radical (unpaired) electrons. The molecule has 2 atom stereocenters. The summed E-state index contributed by atoms with van der Waals surface area (Å²) < 4.78 is 5.77. The van der Waals surface area contributed by atoms with Gasteiger partial charge in [-0.3, -0.25) is 9.59 Å². The number of amides is 1. The van der Waals surface area contributed by atoms with Crippen LogP contribution in [0.5, 0.6) is 5.75 Å². The Hall–Kier alpha value is -3.86. The van der Waals surface area contributed by atoms with Crippen molar-refractivity contribution in [3.63, 3.8) is 0 Å². The van der Waals surface area contributed by atoms with Crippen molar-refractivity contribution in [2.75, 3.05) is 0 Å². The van der Waals surface area contributed by atoms with Crippen molar-refractivity contribution in [3.05, 3.63) is 106 Å². The second-order valence-corrected chi connectivity index (χ2v) is 8.96. The fourth-order valence-electron chi connectivity index (χ4n) is 4.83. The molecule has 5 nitrogen and oxygen atoms in total. The van der Waals surface area contributed by atoms with E-state index in [1.165, 1.54) is 0 Å². The highest BCUT2D eigenvalue weighted by Gasteiger charge is 2.46. The van der Waals surface area contributed by atoms with Crippen LogP contribution in [0.3, 0.4) is 0 Å². The molecule has 5 rings (SSSR count). The summed E-state index contributed by atoms with van der Waals surface area (Å²) in [6.45, 7) is 4.35. The van der Waals surface area contributed by atoms with E-state index >= 15 is 0 Å². The van der Waals surface area contributed by atoms with Crippen LogP contribution in [0, 0.1) is 0 Å². The second-order valence-electron chi connectivity index (χ2n) is 8.96. The predicted octanol–water partition coefficient (Wildman–Crippen LogP) is 5.19. The van der Waals surface area contributed by atoms with Gasteiger partial charge in [-0.25, -0.2) is 0 Å². The Bertz CT molecular complexity index is 1280. The van der Waals surface area contributed by atoms with Gasteiger partial charge < -0.3 is 14.7 Å². The summed E-state index contributed by atoms with van der Waals surface area (Å²) >= 11 is 0. The number of ether oxygens (including phenoxy) is 1. The molecule has 0 spiro atoms. The van der Waals surface area contributed by atoms with Crippen molar-refractivity contribution in [2.24, 2.45) is 0 Å². The molecule has 2 aliphatic heterocycles. The number of aliphatic hydroxyl groups excluding tert-OH is 1. The zero-order valence-corrected chi connectivity index (χ0v) is 19.3. The van der Waals surface area contributed by atoms with Crippen LogP contribution >= 0.6 is 0 Å². The van der Waals surface area contributed by atoms with Gasteiger partial charge in [0.05, 0.1) is 11.6 Å². The molecule has 34 heavy (non-hydrogen) atoms. The van der Waals surface area contributed by atoms with E-state index in [2.05, 4.69) is 6.92 Å². The molecule has 0 unspecified atom stereocenters. The molecule has 0 saturated carbocycles. The first kappa shape index (κ1) is 22.0. The third-order valence-corrected chi connectivity index (χ3v) is 6.61. The molecule has 0 bridgehead atoms. The summed E-state index contributed by atoms with van der Waals surface area (Å²) in [5.41, 5.74) is 4.51. The first-order valence-corrected chi connectivity index (χ1v) is 11.7. The van der Waals surface area contributed by atoms with Crippen LogP contribution in [0.15, 0.2) is 78.4 Å². The Morgan fingerprint density at radius 2 is 1.74 bits per heavy atom. The molecular formula is C29H27NO4. The highest BCUT2D eigenvalue weighted by atomic mass is 16.5. The van der Waals surface area contributed by atoms with Crippen LogP contribution < -0.4 is 4.74 Å². The lowest BCUT2D eigenvalue weighted by molar-refractivity contribution is -0.140.